The van der Waals surface area contributed by atoms with Crippen molar-refractivity contribution >= 4 is 30.3 Å². The Kier molecular flexibility index (Phi) is 6.42. The predicted molar refractivity (Wildman–Crippen MR) is 129 cm³/mol. The minimum Gasteiger partial charge on any atom is -0.494 e. The van der Waals surface area contributed by atoms with Gasteiger partial charge >= 0.3 is 0 Å². The van der Waals surface area contributed by atoms with Crippen molar-refractivity contribution in [2.45, 2.75) is 26.2 Å². The Labute approximate surface area is 190 Å². The van der Waals surface area contributed by atoms with Gasteiger partial charge in [-0.25, -0.2) is 9.98 Å². The quantitative estimate of drug-likeness (QED) is 0.475. The summed E-state index contributed by atoms with van der Waals surface area (Å²) < 4.78 is 7.28. The zero-order chi connectivity index (χ0) is 22.5. The molecule has 0 unspecified atom stereocenters. The zero-order valence-electron chi connectivity index (χ0n) is 17.5. The number of aromatic nitrogens is 2. The van der Waals surface area contributed by atoms with Gasteiger partial charge in [0.05, 0.1) is 17.6 Å². The third-order valence-electron chi connectivity index (χ3n) is 4.84. The Morgan fingerprint density at radius 2 is 1.84 bits per heavy atom. The lowest BCUT2D eigenvalue weighted by Crippen LogP contribution is -2.16. The van der Waals surface area contributed by atoms with Crippen LogP contribution in [-0.4, -0.2) is 26.7 Å². The van der Waals surface area contributed by atoms with Gasteiger partial charge in [0.1, 0.15) is 22.9 Å². The summed E-state index contributed by atoms with van der Waals surface area (Å²) in [5, 5.41) is 10.9. The third-order valence-corrected chi connectivity index (χ3v) is 5.13. The van der Waals surface area contributed by atoms with E-state index in [0.717, 1.165) is 30.8 Å². The van der Waals surface area contributed by atoms with E-state index < -0.39 is 5.56 Å². The lowest BCUT2D eigenvalue weighted by molar-refractivity contribution is 0.431. The van der Waals surface area contributed by atoms with Gasteiger partial charge in [-0.2, -0.15) is 0 Å². The molecule has 0 saturated carbocycles. The second-order valence-corrected chi connectivity index (χ2v) is 7.59. The zero-order valence-corrected chi connectivity index (χ0v) is 18.3. The van der Waals surface area contributed by atoms with E-state index >= 15 is 0 Å². The maximum Gasteiger partial charge on any atom is 0.262 e. The van der Waals surface area contributed by atoms with Crippen LogP contribution in [0.3, 0.4) is 0 Å². The van der Waals surface area contributed by atoms with Gasteiger partial charge in [-0.1, -0.05) is 31.5 Å². The largest absolute Gasteiger partial charge is 0.494 e. The summed E-state index contributed by atoms with van der Waals surface area (Å²) in [6.45, 7) is 2.10. The van der Waals surface area contributed by atoms with Crippen LogP contribution in [0.2, 0.25) is 0 Å². The number of H-pyrrole nitrogens is 1. The summed E-state index contributed by atoms with van der Waals surface area (Å²) in [5.74, 6) is 1.80. The van der Waals surface area contributed by atoms with Crippen LogP contribution in [0, 0.1) is 4.77 Å². The molecule has 0 radical (unpaired) electrons. The molecule has 0 spiro atoms. The van der Waals surface area contributed by atoms with E-state index in [0.29, 0.717) is 17.1 Å². The number of rotatable bonds is 7. The summed E-state index contributed by atoms with van der Waals surface area (Å²) in [6, 6.07) is 16.5. The molecule has 0 amide bonds. The molecule has 0 aliphatic carbocycles. The number of benzene rings is 2. The van der Waals surface area contributed by atoms with E-state index in [1.54, 1.807) is 30.5 Å². The van der Waals surface area contributed by atoms with Crippen LogP contribution in [0.1, 0.15) is 31.7 Å². The topological polar surface area (TPSA) is 92.0 Å². The minimum atomic E-state index is -0.495. The fraction of sp³-hybridized carbons (Fsp3) is 0.167. The summed E-state index contributed by atoms with van der Waals surface area (Å²) in [4.78, 5) is 23.8. The van der Waals surface area contributed by atoms with Gasteiger partial charge in [0.25, 0.3) is 5.56 Å². The van der Waals surface area contributed by atoms with Crippen molar-refractivity contribution in [2.75, 3.05) is 0 Å². The predicted octanol–water partition coefficient (Wildman–Crippen LogP) is 5.41. The number of nitrogens with one attached hydrogen (secondary N) is 1. The molecule has 2 aromatic carbocycles. The number of hydrogen-bond acceptors (Lipinski definition) is 6. The molecule has 1 aliphatic heterocycles. The number of hydrogen-bond donors (Lipinski definition) is 2. The molecule has 162 valence electrons. The first-order valence-corrected chi connectivity index (χ1v) is 10.7. The molecule has 1 aliphatic rings. The first kappa shape index (κ1) is 21.5. The lowest BCUT2D eigenvalue weighted by atomic mass is 10.2. The Morgan fingerprint density at radius 3 is 2.56 bits per heavy atom. The smallest absolute Gasteiger partial charge is 0.262 e. The molecule has 0 saturated heterocycles. The van der Waals surface area contributed by atoms with Gasteiger partial charge in [0, 0.05) is 6.42 Å². The van der Waals surface area contributed by atoms with Gasteiger partial charge in [-0.3, -0.25) is 14.3 Å². The Bertz CT molecular complexity index is 1320. The van der Waals surface area contributed by atoms with Gasteiger partial charge in [0.15, 0.2) is 4.77 Å². The second kappa shape index (κ2) is 9.57. The highest BCUT2D eigenvalue weighted by molar-refractivity contribution is 7.71. The van der Waals surface area contributed by atoms with E-state index in [1.165, 1.54) is 10.6 Å². The molecule has 2 heterocycles. The molecule has 4 rings (SSSR count). The average molecular weight is 447 g/mol. The number of aromatic hydroxyl groups is 1. The summed E-state index contributed by atoms with van der Waals surface area (Å²) in [5.41, 5.74) is 0.652. The molecule has 0 bridgehead atoms. The molecule has 3 aromatic rings. The van der Waals surface area contributed by atoms with Crippen LogP contribution in [0.15, 0.2) is 75.1 Å². The van der Waals surface area contributed by atoms with Crippen LogP contribution >= 0.6 is 12.2 Å². The average Bonchev–Trinajstić information content (AvgIpc) is 3.24. The Balaban J connectivity index is 1.65. The standard InChI is InChI=1S/C24H22N4O3S/c1-2-3-9-21-25-15-16(26-21)14-20-22(29)27-24(32)28(23(20)30)17-10-12-19(13-11-17)31-18-7-5-4-6-8-18/h4-8,10-15,30H,2-3,9H2,1H3,(H,27,29,32). The molecule has 0 fully saturated rings. The number of unbranched alkanes of at least 4 members (excludes halogenated alkanes) is 1. The van der Waals surface area contributed by atoms with Crippen molar-refractivity contribution in [3.8, 4) is 23.1 Å². The highest BCUT2D eigenvalue weighted by atomic mass is 32.1. The Hall–Kier alpha value is -3.78. The van der Waals surface area contributed by atoms with E-state index in [-0.39, 0.29) is 16.2 Å². The van der Waals surface area contributed by atoms with Gasteiger partial charge in [-0.15, -0.1) is 0 Å². The van der Waals surface area contributed by atoms with Crippen molar-refractivity contribution in [3.63, 3.8) is 0 Å². The third kappa shape index (κ3) is 4.76. The van der Waals surface area contributed by atoms with E-state index in [4.69, 9.17) is 17.0 Å². The van der Waals surface area contributed by atoms with Crippen molar-refractivity contribution < 1.29 is 9.84 Å². The van der Waals surface area contributed by atoms with E-state index in [9.17, 15) is 9.90 Å². The lowest BCUT2D eigenvalue weighted by Gasteiger charge is -2.12. The van der Waals surface area contributed by atoms with Crippen LogP contribution in [0.5, 0.6) is 17.4 Å². The maximum absolute atomic E-state index is 12.5. The van der Waals surface area contributed by atoms with Gasteiger partial charge in [-0.05, 0) is 61.1 Å². The highest BCUT2D eigenvalue weighted by Crippen LogP contribution is 2.26. The molecule has 1 aromatic heterocycles. The number of ether oxygens (including phenoxy) is 1. The summed E-state index contributed by atoms with van der Waals surface area (Å²) in [6.07, 6.45) is 5.91. The minimum absolute atomic E-state index is 0.0603. The molecule has 7 nitrogen and oxygen atoms in total. The molecule has 0 atom stereocenters. The van der Waals surface area contributed by atoms with Gasteiger partial charge < -0.3 is 9.84 Å². The van der Waals surface area contributed by atoms with Crippen LogP contribution in [-0.2, 0) is 0 Å². The van der Waals surface area contributed by atoms with Gasteiger partial charge in [0.2, 0.25) is 5.88 Å². The monoisotopic (exact) mass is 446 g/mol. The fourth-order valence-electron chi connectivity index (χ4n) is 3.22. The van der Waals surface area contributed by atoms with E-state index in [2.05, 4.69) is 21.9 Å². The molecule has 2 N–H and O–H groups in total. The normalized spacial score (nSPS) is 14.0. The first-order valence-electron chi connectivity index (χ1n) is 10.3. The number of allylic oxidation sites excluding steroid dienone is 1. The van der Waals surface area contributed by atoms with Crippen LogP contribution < -0.4 is 10.3 Å². The van der Waals surface area contributed by atoms with Crippen LogP contribution in [0.25, 0.3) is 11.8 Å². The summed E-state index contributed by atoms with van der Waals surface area (Å²) in [7, 11) is 0. The number of para-hydroxylation sites is 1. The molecule has 32 heavy (non-hydrogen) atoms. The van der Waals surface area contributed by atoms with E-state index in [1.807, 2.05) is 30.3 Å². The second-order valence-electron chi connectivity index (χ2n) is 7.20. The highest BCUT2D eigenvalue weighted by Gasteiger charge is 2.15. The fourth-order valence-corrected chi connectivity index (χ4v) is 3.50. The van der Waals surface area contributed by atoms with Crippen molar-refractivity contribution in [1.29, 1.82) is 0 Å². The van der Waals surface area contributed by atoms with Crippen LogP contribution in [0.4, 0.5) is 0 Å². The maximum atomic E-state index is 12.5. The number of aliphatic imine (C=N–C) groups is 2. The van der Waals surface area contributed by atoms with Crippen molar-refractivity contribution in [2.24, 2.45) is 9.98 Å². The van der Waals surface area contributed by atoms with Crippen molar-refractivity contribution in [3.05, 3.63) is 81.0 Å². The van der Waals surface area contributed by atoms with Crippen molar-refractivity contribution in [1.82, 2.24) is 9.55 Å². The molecular formula is C24H22N4O3S. The first-order chi connectivity index (χ1) is 15.5. The number of nitrogens with zero attached hydrogens (tertiary/aromatic N) is 3. The number of aromatic amines is 1. The summed E-state index contributed by atoms with van der Waals surface area (Å²) >= 11 is 5.30. The Morgan fingerprint density at radius 1 is 1.12 bits per heavy atom. The molecule has 8 heteroatoms. The SMILES string of the molecule is CCCCC1=NC(=Cc2c(O)n(-c3ccc(Oc4ccccc4)cc3)c(=S)[nH]c2=O)C=N1. The molecular weight excluding hydrogens is 424 g/mol. The number of amidine groups is 1.